The highest BCUT2D eigenvalue weighted by Crippen LogP contribution is 2.19. The van der Waals surface area contributed by atoms with Crippen LogP contribution < -0.4 is 5.32 Å². The number of hydrogen-bond donors (Lipinski definition) is 1. The van der Waals surface area contributed by atoms with Gasteiger partial charge in [-0.3, -0.25) is 14.5 Å². The molecule has 1 unspecified atom stereocenters. The zero-order valence-corrected chi connectivity index (χ0v) is 13.0. The fourth-order valence-corrected chi connectivity index (χ4v) is 2.51. The molecule has 1 aliphatic rings. The molecule has 1 rings (SSSR count). The molecule has 20 heavy (non-hydrogen) atoms. The van der Waals surface area contributed by atoms with Gasteiger partial charge < -0.3 is 10.1 Å². The number of hydrogen-bond acceptors (Lipinski definition) is 4. The molecule has 0 aromatic rings. The normalized spacial score (nSPS) is 21.2. The second-order valence-corrected chi connectivity index (χ2v) is 5.41. The minimum absolute atomic E-state index is 0.0583. The van der Waals surface area contributed by atoms with Crippen molar-refractivity contribution in [3.63, 3.8) is 0 Å². The summed E-state index contributed by atoms with van der Waals surface area (Å²) >= 11 is 0. The minimum atomic E-state index is -0.177. The van der Waals surface area contributed by atoms with Crippen LogP contribution in [0.15, 0.2) is 0 Å². The molecule has 0 radical (unpaired) electrons. The maximum atomic E-state index is 12.1. The first-order valence-electron chi connectivity index (χ1n) is 7.78. The standard InChI is InChI=1S/C15H28N2O3/c1-4-6-9-16-14(18)12(3)17-10-7-8-13(11-17)15(19)20-5-2/h12-13H,4-11H2,1-3H3,(H,16,18)/t12?,13-/m0/s1. The molecule has 0 spiro atoms. The Balaban J connectivity index is 2.45. The lowest BCUT2D eigenvalue weighted by Gasteiger charge is -2.35. The summed E-state index contributed by atoms with van der Waals surface area (Å²) in [5.41, 5.74) is 0. The van der Waals surface area contributed by atoms with Crippen LogP contribution in [0.25, 0.3) is 0 Å². The van der Waals surface area contributed by atoms with E-state index in [-0.39, 0.29) is 23.8 Å². The Morgan fingerprint density at radius 3 is 2.80 bits per heavy atom. The zero-order chi connectivity index (χ0) is 15.0. The summed E-state index contributed by atoms with van der Waals surface area (Å²) < 4.78 is 5.08. The topological polar surface area (TPSA) is 58.6 Å². The molecule has 0 bridgehead atoms. The highest BCUT2D eigenvalue weighted by Gasteiger charge is 2.31. The molecule has 1 N–H and O–H groups in total. The summed E-state index contributed by atoms with van der Waals surface area (Å²) in [4.78, 5) is 25.9. The monoisotopic (exact) mass is 284 g/mol. The van der Waals surface area contributed by atoms with Gasteiger partial charge in [-0.15, -0.1) is 0 Å². The highest BCUT2D eigenvalue weighted by molar-refractivity contribution is 5.81. The average molecular weight is 284 g/mol. The molecular formula is C15H28N2O3. The largest absolute Gasteiger partial charge is 0.466 e. The number of esters is 1. The van der Waals surface area contributed by atoms with Crippen molar-refractivity contribution in [2.24, 2.45) is 5.92 Å². The lowest BCUT2D eigenvalue weighted by molar-refractivity contribution is -0.151. The van der Waals surface area contributed by atoms with Gasteiger partial charge >= 0.3 is 5.97 Å². The van der Waals surface area contributed by atoms with Crippen molar-refractivity contribution < 1.29 is 14.3 Å². The molecule has 116 valence electrons. The van der Waals surface area contributed by atoms with Crippen LogP contribution >= 0.6 is 0 Å². The lowest BCUT2D eigenvalue weighted by Crippen LogP contribution is -2.50. The first-order chi connectivity index (χ1) is 9.60. The zero-order valence-electron chi connectivity index (χ0n) is 13.0. The number of ether oxygens (including phenoxy) is 1. The van der Waals surface area contributed by atoms with Crippen LogP contribution in [0.2, 0.25) is 0 Å². The molecule has 1 amide bonds. The predicted molar refractivity (Wildman–Crippen MR) is 78.3 cm³/mol. The van der Waals surface area contributed by atoms with Gasteiger partial charge in [0.05, 0.1) is 18.6 Å². The van der Waals surface area contributed by atoms with E-state index in [4.69, 9.17) is 4.74 Å². The summed E-state index contributed by atoms with van der Waals surface area (Å²) in [5, 5.41) is 2.95. The summed E-state index contributed by atoms with van der Waals surface area (Å²) in [5.74, 6) is -0.159. The smallest absolute Gasteiger partial charge is 0.310 e. The number of nitrogens with zero attached hydrogens (tertiary/aromatic N) is 1. The van der Waals surface area contributed by atoms with Crippen molar-refractivity contribution in [2.45, 2.75) is 52.5 Å². The highest BCUT2D eigenvalue weighted by atomic mass is 16.5. The Labute approximate surface area is 122 Å². The molecule has 1 aliphatic heterocycles. The molecule has 1 saturated heterocycles. The number of nitrogens with one attached hydrogen (secondary N) is 1. The third kappa shape index (κ3) is 5.12. The second-order valence-electron chi connectivity index (χ2n) is 5.41. The van der Waals surface area contributed by atoms with Gasteiger partial charge in [-0.25, -0.2) is 0 Å². The van der Waals surface area contributed by atoms with Crippen molar-refractivity contribution in [2.75, 3.05) is 26.2 Å². The third-order valence-electron chi connectivity index (χ3n) is 3.83. The van der Waals surface area contributed by atoms with E-state index < -0.39 is 0 Å². The molecule has 1 fully saturated rings. The van der Waals surface area contributed by atoms with Crippen molar-refractivity contribution in [3.8, 4) is 0 Å². The molecule has 0 aliphatic carbocycles. The molecule has 0 aromatic carbocycles. The first-order valence-corrected chi connectivity index (χ1v) is 7.78. The summed E-state index contributed by atoms with van der Waals surface area (Å²) in [7, 11) is 0. The van der Waals surface area contributed by atoms with Crippen LogP contribution in [0.3, 0.4) is 0 Å². The Kier molecular flexibility index (Phi) is 7.59. The summed E-state index contributed by atoms with van der Waals surface area (Å²) in [6.07, 6.45) is 3.88. The first kappa shape index (κ1) is 17.0. The van der Waals surface area contributed by atoms with E-state index >= 15 is 0 Å². The van der Waals surface area contributed by atoms with Crippen molar-refractivity contribution in [3.05, 3.63) is 0 Å². The van der Waals surface area contributed by atoms with E-state index in [1.807, 2.05) is 13.8 Å². The van der Waals surface area contributed by atoms with E-state index in [1.54, 1.807) is 0 Å². The van der Waals surface area contributed by atoms with Gasteiger partial charge in [0.1, 0.15) is 0 Å². The molecule has 5 nitrogen and oxygen atoms in total. The van der Waals surface area contributed by atoms with Gasteiger partial charge in [0, 0.05) is 13.1 Å². The molecule has 1 heterocycles. The SMILES string of the molecule is CCCCNC(=O)C(C)N1CCC[C@H](C(=O)OCC)C1. The van der Waals surface area contributed by atoms with E-state index in [9.17, 15) is 9.59 Å². The van der Waals surface area contributed by atoms with Crippen LogP contribution in [0.5, 0.6) is 0 Å². The third-order valence-corrected chi connectivity index (χ3v) is 3.83. The van der Waals surface area contributed by atoms with Crippen molar-refractivity contribution in [1.82, 2.24) is 10.2 Å². The molecule has 2 atom stereocenters. The van der Waals surface area contributed by atoms with Gasteiger partial charge in [0.25, 0.3) is 0 Å². The van der Waals surface area contributed by atoms with Gasteiger partial charge in [-0.2, -0.15) is 0 Å². The molecule has 0 aromatic heterocycles. The van der Waals surface area contributed by atoms with Crippen LogP contribution in [0.4, 0.5) is 0 Å². The Bertz CT molecular complexity index is 320. The Morgan fingerprint density at radius 2 is 2.15 bits per heavy atom. The fourth-order valence-electron chi connectivity index (χ4n) is 2.51. The number of carbonyl (C=O) groups excluding carboxylic acids is 2. The number of amides is 1. The molecule has 0 saturated carbocycles. The predicted octanol–water partition coefficient (Wildman–Crippen LogP) is 1.57. The van der Waals surface area contributed by atoms with Crippen molar-refractivity contribution >= 4 is 11.9 Å². The van der Waals surface area contributed by atoms with Crippen LogP contribution in [-0.4, -0.2) is 49.1 Å². The van der Waals surface area contributed by atoms with E-state index in [1.165, 1.54) is 0 Å². The van der Waals surface area contributed by atoms with E-state index in [0.29, 0.717) is 13.2 Å². The number of rotatable bonds is 7. The van der Waals surface area contributed by atoms with Gasteiger partial charge in [0.15, 0.2) is 0 Å². The van der Waals surface area contributed by atoms with Gasteiger partial charge in [-0.1, -0.05) is 13.3 Å². The Morgan fingerprint density at radius 1 is 1.40 bits per heavy atom. The maximum Gasteiger partial charge on any atom is 0.310 e. The van der Waals surface area contributed by atoms with E-state index in [0.717, 1.165) is 38.8 Å². The maximum absolute atomic E-state index is 12.1. The summed E-state index contributed by atoms with van der Waals surface area (Å²) in [6.45, 7) is 8.48. The van der Waals surface area contributed by atoms with Gasteiger partial charge in [0.2, 0.25) is 5.91 Å². The second kappa shape index (κ2) is 8.95. The minimum Gasteiger partial charge on any atom is -0.466 e. The number of unbranched alkanes of at least 4 members (excludes halogenated alkanes) is 1. The van der Waals surface area contributed by atoms with E-state index in [2.05, 4.69) is 17.1 Å². The molecular weight excluding hydrogens is 256 g/mol. The number of likely N-dealkylation sites (tertiary alicyclic amines) is 1. The fraction of sp³-hybridized carbons (Fsp3) is 0.867. The van der Waals surface area contributed by atoms with Gasteiger partial charge in [-0.05, 0) is 39.7 Å². The van der Waals surface area contributed by atoms with Crippen LogP contribution in [-0.2, 0) is 14.3 Å². The van der Waals surface area contributed by atoms with Crippen LogP contribution in [0.1, 0.15) is 46.5 Å². The van der Waals surface area contributed by atoms with Crippen molar-refractivity contribution in [1.29, 1.82) is 0 Å². The lowest BCUT2D eigenvalue weighted by atomic mass is 9.97. The average Bonchev–Trinajstić information content (AvgIpc) is 2.47. The number of carbonyl (C=O) groups is 2. The molecule has 5 heteroatoms. The summed E-state index contributed by atoms with van der Waals surface area (Å²) in [6, 6.07) is -0.177. The van der Waals surface area contributed by atoms with Crippen LogP contribution in [0, 0.1) is 5.92 Å². The number of piperidine rings is 1. The quantitative estimate of drug-likeness (QED) is 0.569. The Hall–Kier alpha value is -1.10.